The van der Waals surface area contributed by atoms with E-state index in [4.69, 9.17) is 0 Å². The van der Waals surface area contributed by atoms with Gasteiger partial charge in [-0.05, 0) is 306 Å². The molecule has 141 heavy (non-hydrogen) atoms. The van der Waals surface area contributed by atoms with Gasteiger partial charge in [0.05, 0.1) is 32.9 Å². The molecule has 3 aliphatic carbocycles. The predicted octanol–water partition coefficient (Wildman–Crippen LogP) is 37.9. The molecule has 3 aliphatic rings. The Labute approximate surface area is 834 Å². The number of anilines is 6. The molecule has 0 saturated heterocycles. The molecule has 0 spiro atoms. The van der Waals surface area contributed by atoms with Crippen LogP contribution in [0.3, 0.4) is 0 Å². The van der Waals surface area contributed by atoms with E-state index in [0.29, 0.717) is 0 Å². The topological polar surface area (TPSA) is 16.3 Å². The van der Waals surface area contributed by atoms with Crippen LogP contribution in [-0.2, 0) is 27.1 Å². The van der Waals surface area contributed by atoms with Crippen LogP contribution >= 0.6 is 0 Å². The van der Waals surface area contributed by atoms with Crippen molar-refractivity contribution in [3.8, 4) is 67.0 Å². The number of nitrogens with zero attached hydrogens (tertiary/aromatic N) is 4. The number of benzene rings is 18. The van der Waals surface area contributed by atoms with Gasteiger partial charge in [-0.2, -0.15) is 0 Å². The summed E-state index contributed by atoms with van der Waals surface area (Å²) < 4.78 is 5.01. The van der Waals surface area contributed by atoms with Crippen LogP contribution in [0, 0.1) is 13.8 Å². The van der Waals surface area contributed by atoms with Gasteiger partial charge in [0.1, 0.15) is 0 Å². The summed E-state index contributed by atoms with van der Waals surface area (Å²) in [7, 11) is 0. The monoisotopic (exact) mass is 1830 g/mol. The summed E-state index contributed by atoms with van der Waals surface area (Å²) in [5.74, 6) is 0. The summed E-state index contributed by atoms with van der Waals surface area (Å²) in [6.07, 6.45) is 17.8. The molecule has 0 bridgehead atoms. The van der Waals surface area contributed by atoms with E-state index in [1.54, 1.807) is 5.56 Å². The number of hydrogen-bond donors (Lipinski definition) is 0. The number of fused-ring (bicyclic) bond motifs is 15. The molecule has 2 heterocycles. The van der Waals surface area contributed by atoms with Crippen LogP contribution in [0.15, 0.2) is 413 Å². The van der Waals surface area contributed by atoms with E-state index in [1.165, 1.54) is 250 Å². The maximum Gasteiger partial charge on any atom is 0.0713 e. The molecule has 20 aromatic rings. The number of para-hydroxylation sites is 1. The third-order valence-corrected chi connectivity index (χ3v) is 32.0. The van der Waals surface area contributed by atoms with Gasteiger partial charge in [0, 0.05) is 72.5 Å². The van der Waals surface area contributed by atoms with Gasteiger partial charge in [0.25, 0.3) is 0 Å². The Bertz CT molecular complexity index is 7890. The van der Waals surface area contributed by atoms with Crippen molar-refractivity contribution in [3.63, 3.8) is 0 Å². The molecule has 0 saturated carbocycles. The third kappa shape index (κ3) is 15.6. The first-order valence-corrected chi connectivity index (χ1v) is 52.0. The number of unbranched alkanes of at least 4 members (excludes halogenated alkanes) is 10. The molecule has 4 heteroatoms. The van der Waals surface area contributed by atoms with E-state index >= 15 is 0 Å². The number of aromatic nitrogens is 2. The molecule has 694 valence electrons. The van der Waals surface area contributed by atoms with Crippen LogP contribution in [0.4, 0.5) is 34.1 Å². The highest BCUT2D eigenvalue weighted by Gasteiger charge is 2.49. The van der Waals surface area contributed by atoms with Crippen molar-refractivity contribution >= 4 is 77.7 Å². The lowest BCUT2D eigenvalue weighted by Crippen LogP contribution is -2.29. The van der Waals surface area contributed by atoms with Crippen LogP contribution in [0.5, 0.6) is 0 Å². The number of aryl methyl sites for hydroxylation is 2. The Kier molecular flexibility index (Phi) is 23.5. The number of rotatable bonds is 28. The Morgan fingerprint density at radius 2 is 0.518 bits per heavy atom. The number of hydrogen-bond acceptors (Lipinski definition) is 2. The highest BCUT2D eigenvalue weighted by Crippen LogP contribution is 2.61. The summed E-state index contributed by atoms with van der Waals surface area (Å²) >= 11 is 0. The minimum atomic E-state index is -0.747. The molecule has 0 atom stereocenters. The fraction of sp³-hybridized carbons (Fsp3) is 0.212. The van der Waals surface area contributed by atoms with Crippen molar-refractivity contribution in [2.24, 2.45) is 0 Å². The summed E-state index contributed by atoms with van der Waals surface area (Å²) in [4.78, 5) is 4.84. The average Bonchev–Trinajstić information content (AvgIpc) is 1.54. The second-order valence-corrected chi connectivity index (χ2v) is 42.6. The Balaban J connectivity index is 0.680. The molecular weight excluding hydrogens is 1700 g/mol. The van der Waals surface area contributed by atoms with Crippen LogP contribution in [0.1, 0.15) is 223 Å². The van der Waals surface area contributed by atoms with Crippen LogP contribution in [-0.4, -0.2) is 9.13 Å². The zero-order valence-corrected chi connectivity index (χ0v) is 83.4. The van der Waals surface area contributed by atoms with Crippen molar-refractivity contribution in [2.45, 2.75) is 186 Å². The first-order valence-electron chi connectivity index (χ1n) is 52.0. The maximum atomic E-state index is 2.66. The molecule has 0 amide bonds. The molecule has 0 aliphatic heterocycles. The standard InChI is InChI=1S/C137H126N4/c1-11-13-15-17-19-33-87-135(88-34-20-18-16-14-12-2)123-41-27-21-35-113(123)118-83-55-98(90-128(118)135)97-56-84-130-120(89-97)122-92-104(66-86-132(122)141(130)112-77-59-100(60-78-112)134(8,9)10)137(126-44-30-24-38-116(126)117-39-25-31-45-127(117)137)102-63-81-110(82-64-102)139(108-73-53-96(54-74-108)95-51-71-107(72-52-95)138(105-67-47-93(3)48-68-105)106-69-49-94(4)50-70-106)109-79-61-101(62-80-109)136(124-42-28-22-36-114(124)115-37-23-29-43-125(115)136)103-65-85-131-121(91-103)119-40-26-32-46-129(119)140(131)111-75-57-99(58-76-111)133(5,6)7/h21-32,35-86,89-92H,11-20,33-34,87-88H2,1-10H3. The molecule has 0 unspecified atom stereocenters. The Morgan fingerprint density at radius 1 is 0.227 bits per heavy atom. The average molecular weight is 1830 g/mol. The smallest absolute Gasteiger partial charge is 0.0713 e. The second kappa shape index (κ2) is 36.7. The van der Waals surface area contributed by atoms with Gasteiger partial charge in [-0.25, -0.2) is 0 Å². The first kappa shape index (κ1) is 90.0. The van der Waals surface area contributed by atoms with Crippen molar-refractivity contribution < 1.29 is 0 Å². The summed E-state index contributed by atoms with van der Waals surface area (Å²) in [6.45, 7) is 22.8. The summed E-state index contributed by atoms with van der Waals surface area (Å²) in [5, 5.41) is 4.93. The molecule has 0 fully saturated rings. The molecule has 0 N–H and O–H groups in total. The summed E-state index contributed by atoms with van der Waals surface area (Å²) in [6, 6.07) is 160. The minimum Gasteiger partial charge on any atom is -0.311 e. The predicted molar refractivity (Wildman–Crippen MR) is 599 cm³/mol. The maximum absolute atomic E-state index is 2.66. The van der Waals surface area contributed by atoms with Gasteiger partial charge < -0.3 is 18.9 Å². The van der Waals surface area contributed by atoms with Crippen molar-refractivity contribution in [2.75, 3.05) is 9.80 Å². The Morgan fingerprint density at radius 3 is 0.922 bits per heavy atom. The first-order chi connectivity index (χ1) is 68.9. The van der Waals surface area contributed by atoms with Gasteiger partial charge in [0.15, 0.2) is 0 Å². The van der Waals surface area contributed by atoms with Gasteiger partial charge in [-0.1, -0.05) is 410 Å². The zero-order valence-electron chi connectivity index (χ0n) is 83.4. The summed E-state index contributed by atoms with van der Waals surface area (Å²) in [5.41, 5.74) is 42.9. The molecule has 23 rings (SSSR count). The zero-order chi connectivity index (χ0) is 95.9. The van der Waals surface area contributed by atoms with E-state index in [0.717, 1.165) is 56.6 Å². The third-order valence-electron chi connectivity index (χ3n) is 32.0. The minimum absolute atomic E-state index is 0.00789. The van der Waals surface area contributed by atoms with Crippen LogP contribution in [0.25, 0.3) is 111 Å². The quantitative estimate of drug-likeness (QED) is 0.0455. The molecule has 4 nitrogen and oxygen atoms in total. The largest absolute Gasteiger partial charge is 0.311 e. The van der Waals surface area contributed by atoms with Crippen molar-refractivity contribution in [3.05, 3.63) is 490 Å². The second-order valence-electron chi connectivity index (χ2n) is 42.6. The molecular formula is C137H126N4. The van der Waals surface area contributed by atoms with E-state index in [2.05, 4.69) is 501 Å². The Hall–Kier alpha value is -14.8. The molecule has 18 aromatic carbocycles. The van der Waals surface area contributed by atoms with E-state index in [9.17, 15) is 0 Å². The lowest BCUT2D eigenvalue weighted by molar-refractivity contribution is 0.398. The fourth-order valence-corrected chi connectivity index (χ4v) is 24.8. The van der Waals surface area contributed by atoms with Gasteiger partial charge in [0.2, 0.25) is 0 Å². The SMILES string of the molecule is CCCCCCCCC1(CCCCCCCC)c2ccccc2-c2ccc(-c3ccc4c(c3)c3cc(C5(c6ccc(N(c7ccc(-c8ccc(N(c9ccc(C)cc9)c9ccc(C)cc9)cc8)cc7)c7ccc(C8(c9ccc%10c(c9)c9ccccc9n%10-c9ccc(C(C)(C)C)cc9)c9ccccc9-c9ccccc98)cc7)cc6)c6ccccc6-c6ccccc65)ccc3n4-c3ccc(C(C)(C)C)cc3)cc21. The van der Waals surface area contributed by atoms with E-state index in [-0.39, 0.29) is 16.2 Å². The van der Waals surface area contributed by atoms with Crippen molar-refractivity contribution in [1.82, 2.24) is 9.13 Å². The highest BCUT2D eigenvalue weighted by atomic mass is 15.1. The van der Waals surface area contributed by atoms with Crippen LogP contribution in [0.2, 0.25) is 0 Å². The molecule has 0 radical (unpaired) electrons. The van der Waals surface area contributed by atoms with Gasteiger partial charge in [-0.15, -0.1) is 0 Å². The van der Waals surface area contributed by atoms with Gasteiger partial charge in [-0.3, -0.25) is 0 Å². The highest BCUT2D eigenvalue weighted by molar-refractivity contribution is 6.12. The van der Waals surface area contributed by atoms with E-state index < -0.39 is 10.8 Å². The van der Waals surface area contributed by atoms with E-state index in [1.807, 2.05) is 0 Å². The van der Waals surface area contributed by atoms with Crippen LogP contribution < -0.4 is 9.80 Å². The van der Waals surface area contributed by atoms with Crippen molar-refractivity contribution in [1.29, 1.82) is 0 Å². The lowest BCUT2D eigenvalue weighted by Gasteiger charge is -2.35. The lowest BCUT2D eigenvalue weighted by atomic mass is 9.67. The van der Waals surface area contributed by atoms with Gasteiger partial charge >= 0.3 is 0 Å². The fourth-order valence-electron chi connectivity index (χ4n) is 24.8. The molecule has 2 aromatic heterocycles. The normalized spacial score (nSPS) is 13.6.